The van der Waals surface area contributed by atoms with E-state index in [0.29, 0.717) is 13.0 Å². The molecule has 0 saturated carbocycles. The molecule has 0 aliphatic rings. The first kappa shape index (κ1) is 14.7. The zero-order valence-electron chi connectivity index (χ0n) is 11.8. The van der Waals surface area contributed by atoms with Crippen molar-refractivity contribution in [1.29, 1.82) is 0 Å². The number of ether oxygens (including phenoxy) is 1. The van der Waals surface area contributed by atoms with Crippen LogP contribution in [0.1, 0.15) is 23.2 Å². The molecule has 1 amide bonds. The Kier molecular flexibility index (Phi) is 5.41. The minimum absolute atomic E-state index is 0.270. The maximum absolute atomic E-state index is 11.5. The van der Waals surface area contributed by atoms with Gasteiger partial charge < -0.3 is 10.1 Å². The third-order valence-electron chi connectivity index (χ3n) is 2.79. The highest BCUT2D eigenvalue weighted by Gasteiger charge is 2.00. The molecular weight excluding hydrogens is 266 g/mol. The molecule has 5 nitrogen and oxygen atoms in total. The van der Waals surface area contributed by atoms with Crippen LogP contribution in [0.15, 0.2) is 36.5 Å². The molecule has 0 fully saturated rings. The molecular formula is C16H17N3O2. The van der Waals surface area contributed by atoms with E-state index in [2.05, 4.69) is 27.4 Å². The second kappa shape index (κ2) is 7.75. The van der Waals surface area contributed by atoms with Gasteiger partial charge in [0.1, 0.15) is 6.61 Å². The first-order valence-corrected chi connectivity index (χ1v) is 6.69. The summed E-state index contributed by atoms with van der Waals surface area (Å²) in [4.78, 5) is 11.5. The number of benzene rings is 1. The Labute approximate surface area is 123 Å². The SMILES string of the molecule is Cc1[nH]ncc1C#CCCNC(=O)OCc1ccccc1. The van der Waals surface area contributed by atoms with Crippen LogP contribution in [0.4, 0.5) is 4.79 Å². The predicted molar refractivity (Wildman–Crippen MR) is 79.4 cm³/mol. The molecule has 0 atom stereocenters. The number of H-pyrrole nitrogens is 1. The lowest BCUT2D eigenvalue weighted by molar-refractivity contribution is 0.140. The van der Waals surface area contributed by atoms with Crippen LogP contribution in [0, 0.1) is 18.8 Å². The summed E-state index contributed by atoms with van der Waals surface area (Å²) in [6.07, 6.45) is 1.81. The van der Waals surface area contributed by atoms with E-state index < -0.39 is 6.09 Å². The molecule has 1 aromatic heterocycles. The first-order valence-electron chi connectivity index (χ1n) is 6.69. The number of alkyl carbamates (subject to hydrolysis) is 1. The Hall–Kier alpha value is -2.74. The fourth-order valence-corrected chi connectivity index (χ4v) is 1.64. The molecule has 0 radical (unpaired) electrons. The van der Waals surface area contributed by atoms with Crippen molar-refractivity contribution in [2.75, 3.05) is 6.54 Å². The van der Waals surface area contributed by atoms with Crippen LogP contribution in [0.5, 0.6) is 0 Å². The number of aryl methyl sites for hydroxylation is 1. The van der Waals surface area contributed by atoms with Crippen LogP contribution in [0.3, 0.4) is 0 Å². The molecule has 21 heavy (non-hydrogen) atoms. The van der Waals surface area contributed by atoms with E-state index >= 15 is 0 Å². The Balaban J connectivity index is 1.64. The Morgan fingerprint density at radius 3 is 2.90 bits per heavy atom. The number of carbonyl (C=O) groups is 1. The fraction of sp³-hybridized carbons (Fsp3) is 0.250. The van der Waals surface area contributed by atoms with Crippen LogP contribution in [-0.2, 0) is 11.3 Å². The number of hydrogen-bond acceptors (Lipinski definition) is 3. The van der Waals surface area contributed by atoms with Gasteiger partial charge in [-0.1, -0.05) is 42.2 Å². The second-order valence-electron chi connectivity index (χ2n) is 4.45. The predicted octanol–water partition coefficient (Wildman–Crippen LogP) is 2.39. The van der Waals surface area contributed by atoms with Crippen LogP contribution >= 0.6 is 0 Å². The van der Waals surface area contributed by atoms with Crippen molar-refractivity contribution < 1.29 is 9.53 Å². The molecule has 0 spiro atoms. The van der Waals surface area contributed by atoms with Gasteiger partial charge in [0.25, 0.3) is 0 Å². The molecule has 0 aliphatic carbocycles. The molecule has 5 heteroatoms. The summed E-state index contributed by atoms with van der Waals surface area (Å²) in [7, 11) is 0. The van der Waals surface area contributed by atoms with Crippen molar-refractivity contribution in [3.05, 3.63) is 53.3 Å². The summed E-state index contributed by atoms with van der Waals surface area (Å²) in [5.74, 6) is 5.97. The van der Waals surface area contributed by atoms with E-state index in [0.717, 1.165) is 16.8 Å². The molecule has 0 bridgehead atoms. The average Bonchev–Trinajstić information content (AvgIpc) is 2.91. The number of hydrogen-bond donors (Lipinski definition) is 2. The monoisotopic (exact) mass is 283 g/mol. The smallest absolute Gasteiger partial charge is 0.407 e. The highest BCUT2D eigenvalue weighted by atomic mass is 16.5. The van der Waals surface area contributed by atoms with E-state index in [1.807, 2.05) is 37.3 Å². The first-order chi connectivity index (χ1) is 10.3. The number of nitrogens with zero attached hydrogens (tertiary/aromatic N) is 1. The lowest BCUT2D eigenvalue weighted by Gasteiger charge is -2.05. The van der Waals surface area contributed by atoms with Gasteiger partial charge in [-0.3, -0.25) is 5.10 Å². The topological polar surface area (TPSA) is 67.0 Å². The molecule has 0 unspecified atom stereocenters. The summed E-state index contributed by atoms with van der Waals surface area (Å²) in [6.45, 7) is 2.64. The number of aromatic amines is 1. The average molecular weight is 283 g/mol. The number of carbonyl (C=O) groups excluding carboxylic acids is 1. The summed E-state index contributed by atoms with van der Waals surface area (Å²) in [5, 5.41) is 9.36. The van der Waals surface area contributed by atoms with Gasteiger partial charge in [0.15, 0.2) is 0 Å². The highest BCUT2D eigenvalue weighted by Crippen LogP contribution is 2.00. The molecule has 1 heterocycles. The van der Waals surface area contributed by atoms with E-state index in [1.54, 1.807) is 6.20 Å². The highest BCUT2D eigenvalue weighted by molar-refractivity contribution is 5.67. The maximum atomic E-state index is 11.5. The fourth-order valence-electron chi connectivity index (χ4n) is 1.64. The van der Waals surface area contributed by atoms with Crippen molar-refractivity contribution in [2.45, 2.75) is 20.0 Å². The van der Waals surface area contributed by atoms with E-state index in [9.17, 15) is 4.79 Å². The normalized spacial score (nSPS) is 9.57. The van der Waals surface area contributed by atoms with Crippen LogP contribution < -0.4 is 5.32 Å². The van der Waals surface area contributed by atoms with Gasteiger partial charge in [0, 0.05) is 18.7 Å². The zero-order chi connectivity index (χ0) is 14.9. The molecule has 0 saturated heterocycles. The lowest BCUT2D eigenvalue weighted by Crippen LogP contribution is -2.24. The third kappa shape index (κ3) is 5.03. The number of aromatic nitrogens is 2. The van der Waals surface area contributed by atoms with E-state index in [1.165, 1.54) is 0 Å². The van der Waals surface area contributed by atoms with Crippen LogP contribution in [0.2, 0.25) is 0 Å². The largest absolute Gasteiger partial charge is 0.445 e. The second-order valence-corrected chi connectivity index (χ2v) is 4.45. The van der Waals surface area contributed by atoms with Crippen molar-refractivity contribution in [3.63, 3.8) is 0 Å². The molecule has 0 aliphatic heterocycles. The Morgan fingerprint density at radius 1 is 1.38 bits per heavy atom. The summed E-state index contributed by atoms with van der Waals surface area (Å²) < 4.78 is 5.09. The summed E-state index contributed by atoms with van der Waals surface area (Å²) in [5.41, 5.74) is 2.78. The van der Waals surface area contributed by atoms with E-state index in [-0.39, 0.29) is 6.61 Å². The van der Waals surface area contributed by atoms with Gasteiger partial charge in [-0.2, -0.15) is 5.10 Å². The van der Waals surface area contributed by atoms with Gasteiger partial charge in [-0.05, 0) is 12.5 Å². The Bertz CT molecular complexity index is 638. The standard InChI is InChI=1S/C16H17N3O2/c1-13-15(11-18-19-13)9-5-6-10-17-16(20)21-12-14-7-3-2-4-8-14/h2-4,7-8,11H,6,10,12H2,1H3,(H,17,20)(H,18,19). The molecule has 1 aromatic carbocycles. The van der Waals surface area contributed by atoms with Gasteiger partial charge in [-0.15, -0.1) is 0 Å². The third-order valence-corrected chi connectivity index (χ3v) is 2.79. The van der Waals surface area contributed by atoms with E-state index in [4.69, 9.17) is 4.74 Å². The lowest BCUT2D eigenvalue weighted by atomic mass is 10.2. The minimum Gasteiger partial charge on any atom is -0.445 e. The molecule has 2 N–H and O–H groups in total. The van der Waals surface area contributed by atoms with Gasteiger partial charge >= 0.3 is 6.09 Å². The zero-order valence-corrected chi connectivity index (χ0v) is 11.8. The molecule has 108 valence electrons. The van der Waals surface area contributed by atoms with Crippen molar-refractivity contribution >= 4 is 6.09 Å². The maximum Gasteiger partial charge on any atom is 0.407 e. The molecule has 2 aromatic rings. The summed E-state index contributed by atoms with van der Waals surface area (Å²) >= 11 is 0. The number of rotatable bonds is 4. The van der Waals surface area contributed by atoms with Crippen molar-refractivity contribution in [2.24, 2.45) is 0 Å². The van der Waals surface area contributed by atoms with Gasteiger partial charge in [0.05, 0.1) is 11.8 Å². The summed E-state index contributed by atoms with van der Waals surface area (Å²) in [6, 6.07) is 9.55. The van der Waals surface area contributed by atoms with Crippen LogP contribution in [-0.4, -0.2) is 22.8 Å². The Morgan fingerprint density at radius 2 is 2.19 bits per heavy atom. The number of nitrogens with one attached hydrogen (secondary N) is 2. The van der Waals surface area contributed by atoms with Gasteiger partial charge in [0.2, 0.25) is 0 Å². The van der Waals surface area contributed by atoms with Crippen molar-refractivity contribution in [3.8, 4) is 11.8 Å². The van der Waals surface area contributed by atoms with Crippen molar-refractivity contribution in [1.82, 2.24) is 15.5 Å². The minimum atomic E-state index is -0.430. The quantitative estimate of drug-likeness (QED) is 0.669. The van der Waals surface area contributed by atoms with Crippen LogP contribution in [0.25, 0.3) is 0 Å². The molecule has 2 rings (SSSR count). The van der Waals surface area contributed by atoms with Gasteiger partial charge in [-0.25, -0.2) is 4.79 Å². The number of amides is 1.